The molecule has 1 aliphatic rings. The van der Waals surface area contributed by atoms with Gasteiger partial charge in [-0.3, -0.25) is 9.59 Å². The van der Waals surface area contributed by atoms with Gasteiger partial charge in [0.2, 0.25) is 5.91 Å². The van der Waals surface area contributed by atoms with Crippen LogP contribution in [0, 0.1) is 19.8 Å². The van der Waals surface area contributed by atoms with Crippen molar-refractivity contribution in [2.45, 2.75) is 33.1 Å². The summed E-state index contributed by atoms with van der Waals surface area (Å²) in [5.74, 6) is -0.810. The molecule has 1 unspecified atom stereocenters. The van der Waals surface area contributed by atoms with Crippen molar-refractivity contribution in [3.05, 3.63) is 29.3 Å². The monoisotopic (exact) mass is 261 g/mol. The molecule has 4 nitrogen and oxygen atoms in total. The summed E-state index contributed by atoms with van der Waals surface area (Å²) in [7, 11) is 0. The fraction of sp³-hybridized carbons (Fsp3) is 0.467. The Labute approximate surface area is 113 Å². The molecule has 0 bridgehead atoms. The van der Waals surface area contributed by atoms with Crippen molar-refractivity contribution in [2.24, 2.45) is 5.92 Å². The molecule has 1 atom stereocenters. The van der Waals surface area contributed by atoms with Crippen LogP contribution in [0.1, 0.15) is 30.4 Å². The van der Waals surface area contributed by atoms with Gasteiger partial charge in [-0.15, -0.1) is 0 Å². The van der Waals surface area contributed by atoms with Crippen LogP contribution in [0.4, 0.5) is 5.69 Å². The number of aliphatic carboxylic acids is 1. The van der Waals surface area contributed by atoms with Crippen LogP contribution in [0.5, 0.6) is 0 Å². The minimum atomic E-state index is -0.821. The highest BCUT2D eigenvalue weighted by atomic mass is 16.4. The third kappa shape index (κ3) is 3.13. The lowest BCUT2D eigenvalue weighted by atomic mass is 9.92. The first-order chi connectivity index (χ1) is 8.97. The summed E-state index contributed by atoms with van der Waals surface area (Å²) in [6.45, 7) is 4.61. The van der Waals surface area contributed by atoms with Crippen molar-refractivity contribution in [1.82, 2.24) is 0 Å². The topological polar surface area (TPSA) is 57.6 Å². The molecule has 4 heteroatoms. The molecule has 1 N–H and O–H groups in total. The number of amides is 1. The van der Waals surface area contributed by atoms with Gasteiger partial charge in [0.1, 0.15) is 0 Å². The summed E-state index contributed by atoms with van der Waals surface area (Å²) >= 11 is 0. The van der Waals surface area contributed by atoms with E-state index in [1.165, 1.54) is 0 Å². The average Bonchev–Trinajstić information content (AvgIpc) is 2.32. The molecule has 102 valence electrons. The number of carboxylic acid groups (broad SMARTS) is 1. The number of nitrogens with zero attached hydrogens (tertiary/aromatic N) is 1. The van der Waals surface area contributed by atoms with Crippen molar-refractivity contribution >= 4 is 17.6 Å². The van der Waals surface area contributed by atoms with Gasteiger partial charge in [0.15, 0.2) is 0 Å². The highest BCUT2D eigenvalue weighted by molar-refractivity contribution is 5.95. The van der Waals surface area contributed by atoms with E-state index < -0.39 is 5.97 Å². The standard InChI is InChI=1S/C15H19NO3/c1-10-3-4-11(2)13(7-10)16-6-5-12(8-14(16)17)9-15(18)19/h3-4,7,12H,5-6,8-9H2,1-2H3,(H,18,19). The van der Waals surface area contributed by atoms with E-state index in [4.69, 9.17) is 5.11 Å². The van der Waals surface area contributed by atoms with Gasteiger partial charge in [0, 0.05) is 25.1 Å². The van der Waals surface area contributed by atoms with Crippen molar-refractivity contribution in [3.8, 4) is 0 Å². The minimum Gasteiger partial charge on any atom is -0.481 e. The predicted molar refractivity (Wildman–Crippen MR) is 73.2 cm³/mol. The Morgan fingerprint density at radius 1 is 1.42 bits per heavy atom. The lowest BCUT2D eigenvalue weighted by Gasteiger charge is -2.32. The van der Waals surface area contributed by atoms with Gasteiger partial charge in [0.25, 0.3) is 0 Å². The van der Waals surface area contributed by atoms with Crippen LogP contribution in [0.15, 0.2) is 18.2 Å². The Balaban J connectivity index is 2.13. The molecule has 1 heterocycles. The number of rotatable bonds is 3. The van der Waals surface area contributed by atoms with E-state index in [9.17, 15) is 9.59 Å². The maximum absolute atomic E-state index is 12.2. The number of carbonyl (C=O) groups is 2. The number of anilines is 1. The van der Waals surface area contributed by atoms with Crippen molar-refractivity contribution in [1.29, 1.82) is 0 Å². The van der Waals surface area contributed by atoms with Crippen LogP contribution < -0.4 is 4.90 Å². The van der Waals surface area contributed by atoms with Gasteiger partial charge in [-0.05, 0) is 43.4 Å². The van der Waals surface area contributed by atoms with Crippen molar-refractivity contribution < 1.29 is 14.7 Å². The molecule has 2 rings (SSSR count). The third-order valence-electron chi connectivity index (χ3n) is 3.64. The van der Waals surface area contributed by atoms with Crippen LogP contribution in [0.25, 0.3) is 0 Å². The molecule has 1 aliphatic heterocycles. The van der Waals surface area contributed by atoms with Gasteiger partial charge in [-0.2, -0.15) is 0 Å². The number of benzene rings is 1. The number of hydrogen-bond donors (Lipinski definition) is 1. The average molecular weight is 261 g/mol. The molecular formula is C15H19NO3. The fourth-order valence-electron chi connectivity index (χ4n) is 2.58. The normalized spacial score (nSPS) is 19.6. The maximum atomic E-state index is 12.2. The van der Waals surface area contributed by atoms with Gasteiger partial charge < -0.3 is 10.0 Å². The molecule has 0 radical (unpaired) electrons. The quantitative estimate of drug-likeness (QED) is 0.909. The van der Waals surface area contributed by atoms with Crippen LogP contribution in [-0.2, 0) is 9.59 Å². The van der Waals surface area contributed by atoms with Crippen LogP contribution in [-0.4, -0.2) is 23.5 Å². The van der Waals surface area contributed by atoms with Crippen molar-refractivity contribution in [3.63, 3.8) is 0 Å². The van der Waals surface area contributed by atoms with E-state index in [1.807, 2.05) is 32.0 Å². The molecule has 1 aromatic carbocycles. The van der Waals surface area contributed by atoms with Crippen LogP contribution in [0.2, 0.25) is 0 Å². The van der Waals surface area contributed by atoms with E-state index in [2.05, 4.69) is 0 Å². The molecule has 0 aromatic heterocycles. The fourth-order valence-corrected chi connectivity index (χ4v) is 2.58. The first kappa shape index (κ1) is 13.6. The molecule has 0 aliphatic carbocycles. The summed E-state index contributed by atoms with van der Waals surface area (Å²) in [5.41, 5.74) is 3.16. The summed E-state index contributed by atoms with van der Waals surface area (Å²) in [4.78, 5) is 24.7. The van der Waals surface area contributed by atoms with Gasteiger partial charge >= 0.3 is 5.97 Å². The second-order valence-corrected chi connectivity index (χ2v) is 5.29. The third-order valence-corrected chi connectivity index (χ3v) is 3.64. The number of carboxylic acids is 1. The SMILES string of the molecule is Cc1ccc(C)c(N2CCC(CC(=O)O)CC2=O)c1. The Morgan fingerprint density at radius 2 is 2.16 bits per heavy atom. The zero-order chi connectivity index (χ0) is 14.0. The maximum Gasteiger partial charge on any atom is 0.303 e. The molecular weight excluding hydrogens is 242 g/mol. The molecule has 1 saturated heterocycles. The number of carbonyl (C=O) groups excluding carboxylic acids is 1. The minimum absolute atomic E-state index is 0.0219. The first-order valence-electron chi connectivity index (χ1n) is 6.57. The van der Waals surface area contributed by atoms with Crippen LogP contribution in [0.3, 0.4) is 0 Å². The second kappa shape index (κ2) is 5.43. The Kier molecular flexibility index (Phi) is 3.88. The zero-order valence-corrected chi connectivity index (χ0v) is 11.3. The smallest absolute Gasteiger partial charge is 0.303 e. The summed E-state index contributed by atoms with van der Waals surface area (Å²) < 4.78 is 0. The van der Waals surface area contributed by atoms with Crippen LogP contribution >= 0.6 is 0 Å². The molecule has 0 saturated carbocycles. The summed E-state index contributed by atoms with van der Waals surface area (Å²) in [6, 6.07) is 6.06. The lowest BCUT2D eigenvalue weighted by Crippen LogP contribution is -2.39. The van der Waals surface area contributed by atoms with E-state index in [0.29, 0.717) is 13.0 Å². The molecule has 1 amide bonds. The number of aryl methyl sites for hydroxylation is 2. The lowest BCUT2D eigenvalue weighted by molar-refractivity contribution is -0.138. The highest BCUT2D eigenvalue weighted by Crippen LogP contribution is 2.29. The number of piperidine rings is 1. The summed E-state index contributed by atoms with van der Waals surface area (Å²) in [5, 5.41) is 8.79. The van der Waals surface area contributed by atoms with Gasteiger partial charge in [-0.1, -0.05) is 12.1 Å². The van der Waals surface area contributed by atoms with E-state index in [1.54, 1.807) is 4.90 Å². The zero-order valence-electron chi connectivity index (χ0n) is 11.3. The molecule has 1 aromatic rings. The van der Waals surface area contributed by atoms with E-state index in [-0.39, 0.29) is 18.2 Å². The Morgan fingerprint density at radius 3 is 2.79 bits per heavy atom. The van der Waals surface area contributed by atoms with Gasteiger partial charge in [-0.25, -0.2) is 0 Å². The molecule has 0 spiro atoms. The molecule has 19 heavy (non-hydrogen) atoms. The predicted octanol–water partition coefficient (Wildman–Crippen LogP) is 2.52. The van der Waals surface area contributed by atoms with Crippen molar-refractivity contribution in [2.75, 3.05) is 11.4 Å². The highest BCUT2D eigenvalue weighted by Gasteiger charge is 2.28. The van der Waals surface area contributed by atoms with E-state index in [0.717, 1.165) is 23.2 Å². The molecule has 1 fully saturated rings. The Bertz CT molecular complexity index is 510. The van der Waals surface area contributed by atoms with Gasteiger partial charge in [0.05, 0.1) is 0 Å². The number of hydrogen-bond acceptors (Lipinski definition) is 2. The first-order valence-corrected chi connectivity index (χ1v) is 6.57. The van der Waals surface area contributed by atoms with E-state index >= 15 is 0 Å². The Hall–Kier alpha value is -1.84. The summed E-state index contributed by atoms with van der Waals surface area (Å²) in [6.07, 6.45) is 1.18. The second-order valence-electron chi connectivity index (χ2n) is 5.29. The largest absolute Gasteiger partial charge is 0.481 e.